The quantitative estimate of drug-likeness (QED) is 0.722. The largest absolute Gasteiger partial charge is 0.506 e. The predicted octanol–water partition coefficient (Wildman–Crippen LogP) is 3.33. The molecule has 6 heteroatoms. The van der Waals surface area contributed by atoms with Crippen LogP contribution in [0, 0.1) is 0 Å². The molecule has 0 heterocycles. The highest BCUT2D eigenvalue weighted by molar-refractivity contribution is 9.10. The molecule has 1 amide bonds. The van der Waals surface area contributed by atoms with Gasteiger partial charge in [0.1, 0.15) is 5.75 Å². The van der Waals surface area contributed by atoms with Gasteiger partial charge in [-0.25, -0.2) is 0 Å². The van der Waals surface area contributed by atoms with E-state index in [2.05, 4.69) is 21.2 Å². The molecule has 0 radical (unpaired) electrons. The zero-order chi connectivity index (χ0) is 14.5. The summed E-state index contributed by atoms with van der Waals surface area (Å²) in [7, 11) is 0. The van der Waals surface area contributed by atoms with E-state index in [0.29, 0.717) is 17.8 Å². The van der Waals surface area contributed by atoms with Crippen molar-refractivity contribution in [2.45, 2.75) is 6.42 Å². The second-order valence-corrected chi connectivity index (χ2v) is 5.27. The van der Waals surface area contributed by atoms with Gasteiger partial charge in [0.15, 0.2) is 0 Å². The molecule has 0 aliphatic rings. The summed E-state index contributed by atoms with van der Waals surface area (Å²) in [6.07, 6.45) is 0.786. The van der Waals surface area contributed by atoms with E-state index in [1.54, 1.807) is 24.3 Å². The van der Waals surface area contributed by atoms with Crippen LogP contribution in [0.4, 0.5) is 5.69 Å². The van der Waals surface area contributed by atoms with Gasteiger partial charge in [0, 0.05) is 10.0 Å². The van der Waals surface area contributed by atoms with E-state index in [9.17, 15) is 9.90 Å². The highest BCUT2D eigenvalue weighted by atomic mass is 79.9. The van der Waals surface area contributed by atoms with Crippen molar-refractivity contribution in [1.82, 2.24) is 0 Å². The number of phenolic OH excluding ortho intramolecular Hbond substituents is 1. The fraction of sp³-hybridized carbons (Fsp3) is 0.133. The molecule has 0 unspecified atom stereocenters. The van der Waals surface area contributed by atoms with Gasteiger partial charge in [0.25, 0.3) is 5.91 Å². The van der Waals surface area contributed by atoms with Gasteiger partial charge in [0.05, 0.1) is 5.69 Å². The van der Waals surface area contributed by atoms with Crippen LogP contribution in [0.1, 0.15) is 15.9 Å². The molecule has 0 spiro atoms. The lowest BCUT2D eigenvalue weighted by atomic mass is 10.1. The lowest BCUT2D eigenvalue weighted by molar-refractivity contribution is 0.102. The fourth-order valence-electron chi connectivity index (χ4n) is 1.79. The molecule has 0 bridgehead atoms. The van der Waals surface area contributed by atoms with E-state index in [1.807, 2.05) is 12.1 Å². The summed E-state index contributed by atoms with van der Waals surface area (Å²) in [6, 6.07) is 12.1. The molecule has 2 aromatic carbocycles. The average Bonchev–Trinajstić information content (AvgIpc) is 2.44. The summed E-state index contributed by atoms with van der Waals surface area (Å²) in [5.74, 6) is -0.237. The number of nitrogens with two attached hydrogens (primary N) is 1. The van der Waals surface area contributed by atoms with Crippen LogP contribution >= 0.6 is 28.3 Å². The van der Waals surface area contributed by atoms with Crippen molar-refractivity contribution in [3.63, 3.8) is 0 Å². The van der Waals surface area contributed by atoms with Gasteiger partial charge in [-0.2, -0.15) is 0 Å². The molecule has 21 heavy (non-hydrogen) atoms. The van der Waals surface area contributed by atoms with Crippen LogP contribution < -0.4 is 11.1 Å². The molecule has 0 fully saturated rings. The number of phenols is 1. The third kappa shape index (κ3) is 4.74. The molecule has 0 saturated heterocycles. The number of halogens is 2. The van der Waals surface area contributed by atoms with Crippen molar-refractivity contribution in [1.29, 1.82) is 0 Å². The number of benzene rings is 2. The Morgan fingerprint density at radius 3 is 2.48 bits per heavy atom. The Kier molecular flexibility index (Phi) is 6.68. The number of carbonyl (C=O) groups excluding carboxylic acids is 1. The SMILES string of the molecule is Cl.NCCc1ccc(C(=O)Nc2cc(Br)ccc2O)cc1. The third-order valence-corrected chi connectivity index (χ3v) is 3.35. The van der Waals surface area contributed by atoms with Crippen molar-refractivity contribution < 1.29 is 9.90 Å². The monoisotopic (exact) mass is 370 g/mol. The molecule has 4 nitrogen and oxygen atoms in total. The third-order valence-electron chi connectivity index (χ3n) is 2.86. The molecule has 0 atom stereocenters. The van der Waals surface area contributed by atoms with Crippen molar-refractivity contribution in [2.75, 3.05) is 11.9 Å². The Labute approximate surface area is 137 Å². The van der Waals surface area contributed by atoms with Crippen LogP contribution in [0.5, 0.6) is 5.75 Å². The maximum atomic E-state index is 12.1. The topological polar surface area (TPSA) is 75.4 Å². The number of amides is 1. The summed E-state index contributed by atoms with van der Waals surface area (Å²) >= 11 is 3.30. The van der Waals surface area contributed by atoms with E-state index < -0.39 is 0 Å². The Bertz CT molecular complexity index is 618. The molecule has 0 aliphatic carbocycles. The first kappa shape index (κ1) is 17.5. The predicted molar refractivity (Wildman–Crippen MR) is 90.2 cm³/mol. The van der Waals surface area contributed by atoms with Crippen LogP contribution in [-0.4, -0.2) is 17.6 Å². The maximum absolute atomic E-state index is 12.1. The molecular weight excluding hydrogens is 356 g/mol. The van der Waals surface area contributed by atoms with E-state index in [4.69, 9.17) is 5.73 Å². The second-order valence-electron chi connectivity index (χ2n) is 4.35. The maximum Gasteiger partial charge on any atom is 0.255 e. The van der Waals surface area contributed by atoms with Crippen molar-refractivity contribution in [2.24, 2.45) is 5.73 Å². The molecule has 2 aromatic rings. The van der Waals surface area contributed by atoms with E-state index in [0.717, 1.165) is 16.5 Å². The van der Waals surface area contributed by atoms with Crippen molar-refractivity contribution >= 4 is 39.9 Å². The van der Waals surface area contributed by atoms with Crippen LogP contribution in [0.25, 0.3) is 0 Å². The first-order chi connectivity index (χ1) is 9.60. The molecule has 0 saturated carbocycles. The zero-order valence-electron chi connectivity index (χ0n) is 11.2. The van der Waals surface area contributed by atoms with E-state index in [1.165, 1.54) is 6.07 Å². The average molecular weight is 372 g/mol. The first-order valence-electron chi connectivity index (χ1n) is 6.19. The minimum absolute atomic E-state index is 0. The van der Waals surface area contributed by atoms with Crippen molar-refractivity contribution in [3.05, 3.63) is 58.1 Å². The number of anilines is 1. The lowest BCUT2D eigenvalue weighted by Crippen LogP contribution is -2.12. The zero-order valence-corrected chi connectivity index (χ0v) is 13.6. The Hall–Kier alpha value is -1.56. The second kappa shape index (κ2) is 8.02. The number of hydrogen-bond acceptors (Lipinski definition) is 3. The molecule has 112 valence electrons. The number of hydrogen-bond donors (Lipinski definition) is 3. The minimum Gasteiger partial charge on any atom is -0.506 e. The van der Waals surface area contributed by atoms with Gasteiger partial charge in [-0.05, 0) is 48.9 Å². The van der Waals surface area contributed by atoms with Gasteiger partial charge < -0.3 is 16.2 Å². The fourth-order valence-corrected chi connectivity index (χ4v) is 2.15. The highest BCUT2D eigenvalue weighted by Gasteiger charge is 2.09. The molecular formula is C15H16BrClN2O2. The number of carbonyl (C=O) groups is 1. The summed E-state index contributed by atoms with van der Waals surface area (Å²) in [4.78, 5) is 12.1. The van der Waals surface area contributed by atoms with Gasteiger partial charge >= 0.3 is 0 Å². The van der Waals surface area contributed by atoms with Gasteiger partial charge in [-0.15, -0.1) is 12.4 Å². The van der Waals surface area contributed by atoms with E-state index >= 15 is 0 Å². The van der Waals surface area contributed by atoms with Crippen LogP contribution in [0.2, 0.25) is 0 Å². The molecule has 0 aliphatic heterocycles. The highest BCUT2D eigenvalue weighted by Crippen LogP contribution is 2.27. The Morgan fingerprint density at radius 2 is 1.86 bits per heavy atom. The Balaban J connectivity index is 0.00000220. The first-order valence-corrected chi connectivity index (χ1v) is 6.98. The van der Waals surface area contributed by atoms with Crippen LogP contribution in [-0.2, 0) is 6.42 Å². The standard InChI is InChI=1S/C15H15BrN2O2.ClH/c16-12-5-6-14(19)13(9-12)18-15(20)11-3-1-10(2-4-11)7-8-17;/h1-6,9,19H,7-8,17H2,(H,18,20);1H. The summed E-state index contributed by atoms with van der Waals surface area (Å²) in [5.41, 5.74) is 7.48. The summed E-state index contributed by atoms with van der Waals surface area (Å²) < 4.78 is 0.781. The molecule has 2 rings (SSSR count). The van der Waals surface area contributed by atoms with Crippen LogP contribution in [0.15, 0.2) is 46.9 Å². The number of rotatable bonds is 4. The minimum atomic E-state index is -0.266. The van der Waals surface area contributed by atoms with Gasteiger partial charge in [0.2, 0.25) is 0 Å². The Morgan fingerprint density at radius 1 is 1.19 bits per heavy atom. The molecule has 0 aromatic heterocycles. The number of nitrogens with one attached hydrogen (secondary N) is 1. The smallest absolute Gasteiger partial charge is 0.255 e. The normalized spacial score (nSPS) is 9.81. The van der Waals surface area contributed by atoms with Crippen molar-refractivity contribution in [3.8, 4) is 5.75 Å². The lowest BCUT2D eigenvalue weighted by Gasteiger charge is -2.08. The van der Waals surface area contributed by atoms with Crippen LogP contribution in [0.3, 0.4) is 0 Å². The number of aromatic hydroxyl groups is 1. The summed E-state index contributed by atoms with van der Waals surface area (Å²) in [6.45, 7) is 0.581. The van der Waals surface area contributed by atoms with E-state index in [-0.39, 0.29) is 24.1 Å². The summed E-state index contributed by atoms with van der Waals surface area (Å²) in [5, 5.41) is 12.4. The van der Waals surface area contributed by atoms with Gasteiger partial charge in [-0.3, -0.25) is 4.79 Å². The van der Waals surface area contributed by atoms with Gasteiger partial charge in [-0.1, -0.05) is 28.1 Å². The molecule has 4 N–H and O–H groups in total.